The minimum atomic E-state index is -0.597. The van der Waals surface area contributed by atoms with Gasteiger partial charge in [-0.05, 0) is 24.8 Å². The van der Waals surface area contributed by atoms with Gasteiger partial charge in [-0.2, -0.15) is 0 Å². The van der Waals surface area contributed by atoms with Crippen LogP contribution in [0, 0.1) is 5.92 Å². The second kappa shape index (κ2) is 7.70. The first kappa shape index (κ1) is 19.6. The van der Waals surface area contributed by atoms with Gasteiger partial charge in [-0.3, -0.25) is 29.1 Å². The number of benzene rings is 1. The lowest BCUT2D eigenvalue weighted by atomic mass is 9.83. The Hall–Kier alpha value is -2.39. The molecule has 0 spiro atoms. The maximum absolute atomic E-state index is 12.9. The highest BCUT2D eigenvalue weighted by Gasteiger charge is 2.52. The molecule has 30 heavy (non-hydrogen) atoms. The number of carbonyl (C=O) groups excluding carboxylic acids is 3. The zero-order chi connectivity index (χ0) is 20.8. The third-order valence-corrected chi connectivity index (χ3v) is 8.66. The number of hydrogen-bond donors (Lipinski definition) is 1. The normalized spacial score (nSPS) is 25.6. The number of piperidine rings is 1. The Kier molecular flexibility index (Phi) is 5.02. The van der Waals surface area contributed by atoms with Crippen LogP contribution in [-0.2, 0) is 20.9 Å². The maximum Gasteiger partial charge on any atom is 0.308 e. The van der Waals surface area contributed by atoms with E-state index in [-0.39, 0.29) is 35.1 Å². The smallest absolute Gasteiger partial charge is 0.308 e. The van der Waals surface area contributed by atoms with E-state index in [4.69, 9.17) is 0 Å². The molecule has 0 aliphatic carbocycles. The van der Waals surface area contributed by atoms with Crippen molar-refractivity contribution in [3.05, 3.63) is 50.4 Å². The summed E-state index contributed by atoms with van der Waals surface area (Å²) in [5, 5.41) is 2.50. The van der Waals surface area contributed by atoms with Gasteiger partial charge in [-0.15, -0.1) is 0 Å². The highest BCUT2D eigenvalue weighted by atomic mass is 32.2. The molecule has 1 N–H and O–H groups in total. The minimum absolute atomic E-state index is 0.0217. The number of thiazole rings is 1. The second-order valence-electron chi connectivity index (χ2n) is 7.87. The molecule has 3 aliphatic heterocycles. The van der Waals surface area contributed by atoms with E-state index in [0.29, 0.717) is 5.03 Å². The van der Waals surface area contributed by atoms with E-state index in [1.807, 2.05) is 35.2 Å². The van der Waals surface area contributed by atoms with Crippen molar-refractivity contribution in [1.82, 2.24) is 14.8 Å². The molecule has 4 heterocycles. The summed E-state index contributed by atoms with van der Waals surface area (Å²) in [6, 6.07) is 9.51. The molecule has 5 rings (SSSR count). The van der Waals surface area contributed by atoms with Crippen LogP contribution in [0.3, 0.4) is 0 Å². The number of carbonyl (C=O) groups is 3. The van der Waals surface area contributed by atoms with Gasteiger partial charge in [0, 0.05) is 23.9 Å². The Morgan fingerprint density at radius 2 is 1.77 bits per heavy atom. The Labute approximate surface area is 181 Å². The van der Waals surface area contributed by atoms with Gasteiger partial charge in [0.2, 0.25) is 17.7 Å². The van der Waals surface area contributed by atoms with Crippen LogP contribution < -0.4 is 10.2 Å². The molecule has 1 aromatic carbocycles. The molecule has 2 saturated heterocycles. The van der Waals surface area contributed by atoms with Gasteiger partial charge in [-0.1, -0.05) is 53.4 Å². The summed E-state index contributed by atoms with van der Waals surface area (Å²) in [4.78, 5) is 53.2. The molecule has 7 nitrogen and oxygen atoms in total. The molecule has 2 aromatic rings. The lowest BCUT2D eigenvalue weighted by Gasteiger charge is -2.31. The number of likely N-dealkylation sites (tertiary alicyclic amines) is 1. The number of imide groups is 1. The van der Waals surface area contributed by atoms with E-state index < -0.39 is 11.2 Å². The zero-order valence-electron chi connectivity index (χ0n) is 16.2. The van der Waals surface area contributed by atoms with Gasteiger partial charge in [0.05, 0.1) is 10.9 Å². The van der Waals surface area contributed by atoms with E-state index >= 15 is 0 Å². The lowest BCUT2D eigenvalue weighted by molar-refractivity contribution is -0.133. The molecule has 0 bridgehead atoms. The van der Waals surface area contributed by atoms with Gasteiger partial charge < -0.3 is 4.90 Å². The van der Waals surface area contributed by atoms with Crippen LogP contribution in [0.15, 0.2) is 40.2 Å². The van der Waals surface area contributed by atoms with Gasteiger partial charge in [0.1, 0.15) is 11.8 Å². The summed E-state index contributed by atoms with van der Waals surface area (Å²) >= 11 is 2.33. The van der Waals surface area contributed by atoms with Crippen molar-refractivity contribution in [2.75, 3.05) is 13.1 Å². The quantitative estimate of drug-likeness (QED) is 0.731. The lowest BCUT2D eigenvalue weighted by Crippen LogP contribution is -2.39. The zero-order valence-corrected chi connectivity index (χ0v) is 17.8. The Morgan fingerprint density at radius 1 is 1.03 bits per heavy atom. The summed E-state index contributed by atoms with van der Waals surface area (Å²) in [5.74, 6) is -1.61. The molecule has 0 saturated carbocycles. The first-order valence-corrected chi connectivity index (χ1v) is 11.8. The first-order valence-electron chi connectivity index (χ1n) is 10.1. The summed E-state index contributed by atoms with van der Waals surface area (Å²) in [6.07, 6.45) is 3.09. The molecule has 156 valence electrons. The Balaban J connectivity index is 1.56. The molecule has 1 aromatic heterocycles. The van der Waals surface area contributed by atoms with Crippen molar-refractivity contribution < 1.29 is 14.4 Å². The van der Waals surface area contributed by atoms with E-state index in [1.54, 1.807) is 0 Å². The van der Waals surface area contributed by atoms with Crippen LogP contribution in [0.2, 0.25) is 0 Å². The van der Waals surface area contributed by atoms with Crippen LogP contribution in [-0.4, -0.2) is 45.5 Å². The van der Waals surface area contributed by atoms with Crippen LogP contribution in [0.5, 0.6) is 0 Å². The number of aromatic nitrogens is 1. The topological polar surface area (TPSA) is 88.5 Å². The highest BCUT2D eigenvalue weighted by molar-refractivity contribution is 8.00. The van der Waals surface area contributed by atoms with Crippen molar-refractivity contribution in [3.8, 4) is 0 Å². The van der Waals surface area contributed by atoms with E-state index in [2.05, 4.69) is 5.32 Å². The number of thioether (sulfide) groups is 1. The molecule has 3 aliphatic rings. The highest BCUT2D eigenvalue weighted by Crippen LogP contribution is 2.51. The average Bonchev–Trinajstić information content (AvgIpc) is 3.23. The Bertz CT molecular complexity index is 1070. The number of hydrogen-bond acceptors (Lipinski definition) is 6. The van der Waals surface area contributed by atoms with Crippen LogP contribution in [0.4, 0.5) is 0 Å². The predicted octanol–water partition coefficient (Wildman–Crippen LogP) is 1.80. The van der Waals surface area contributed by atoms with Crippen molar-refractivity contribution in [3.63, 3.8) is 0 Å². The number of nitrogens with zero attached hydrogens (tertiary/aromatic N) is 2. The largest absolute Gasteiger partial charge is 0.341 e. The third-order valence-electron chi connectivity index (χ3n) is 6.05. The molecule has 9 heteroatoms. The monoisotopic (exact) mass is 443 g/mol. The summed E-state index contributed by atoms with van der Waals surface area (Å²) in [6.45, 7) is 1.43. The van der Waals surface area contributed by atoms with Gasteiger partial charge in [0.15, 0.2) is 0 Å². The molecule has 0 unspecified atom stereocenters. The summed E-state index contributed by atoms with van der Waals surface area (Å²) < 4.78 is 1.50. The number of amides is 3. The fourth-order valence-corrected chi connectivity index (χ4v) is 7.31. The third kappa shape index (κ3) is 3.20. The molecule has 3 atom stereocenters. The Morgan fingerprint density at radius 3 is 2.50 bits per heavy atom. The predicted molar refractivity (Wildman–Crippen MR) is 114 cm³/mol. The van der Waals surface area contributed by atoms with Gasteiger partial charge in [0.25, 0.3) is 0 Å². The summed E-state index contributed by atoms with van der Waals surface area (Å²) in [5.41, 5.74) is 0.898. The number of nitrogens with one attached hydrogen (secondary N) is 1. The van der Waals surface area contributed by atoms with Crippen LogP contribution >= 0.6 is 23.1 Å². The summed E-state index contributed by atoms with van der Waals surface area (Å²) in [7, 11) is 0. The van der Waals surface area contributed by atoms with E-state index in [1.165, 1.54) is 16.3 Å². The van der Waals surface area contributed by atoms with E-state index in [9.17, 15) is 19.2 Å². The van der Waals surface area contributed by atoms with Gasteiger partial charge >= 0.3 is 4.87 Å². The molecule has 2 fully saturated rings. The van der Waals surface area contributed by atoms with Crippen molar-refractivity contribution >= 4 is 40.8 Å². The van der Waals surface area contributed by atoms with Crippen molar-refractivity contribution in [1.29, 1.82) is 0 Å². The molecular formula is C21H21N3O4S2. The second-order valence-corrected chi connectivity index (χ2v) is 9.99. The maximum atomic E-state index is 12.9. The van der Waals surface area contributed by atoms with Crippen molar-refractivity contribution in [2.45, 2.75) is 42.0 Å². The fourth-order valence-electron chi connectivity index (χ4n) is 4.57. The van der Waals surface area contributed by atoms with E-state index in [0.717, 1.165) is 54.1 Å². The molecule has 3 amide bonds. The number of fused-ring (bicyclic) bond motifs is 2. The standard InChI is InChI=1S/C21H21N3O4S2/c25-13(23-9-5-2-6-10-23)11-24-20-17(30-21(24)28)14(12-7-3-1-4-8-12)15-16(29-20)19(27)22-18(15)26/h1,3-4,7-8,14-16H,2,5-6,9-11H2,(H,22,26,27)/t14-,15+,16-/m0/s1. The SMILES string of the molecule is O=C1NC(=O)[C@H]2Sc3c(sc(=O)n3CC(=O)N3CCCCC3)[C@@H](c3ccccc3)[C@@H]12. The average molecular weight is 444 g/mol. The molecular weight excluding hydrogens is 422 g/mol. The van der Waals surface area contributed by atoms with Crippen LogP contribution in [0.1, 0.15) is 35.6 Å². The first-order chi connectivity index (χ1) is 14.5. The fraction of sp³-hybridized carbons (Fsp3) is 0.429. The van der Waals surface area contributed by atoms with Gasteiger partial charge in [-0.25, -0.2) is 0 Å². The van der Waals surface area contributed by atoms with Crippen molar-refractivity contribution in [2.24, 2.45) is 5.92 Å². The molecule has 0 radical (unpaired) electrons. The minimum Gasteiger partial charge on any atom is -0.341 e. The number of rotatable bonds is 3. The van der Waals surface area contributed by atoms with Crippen LogP contribution in [0.25, 0.3) is 0 Å².